The smallest absolute Gasteiger partial charge is 0.255 e. The van der Waals surface area contributed by atoms with Gasteiger partial charge in [0, 0.05) is 30.9 Å². The summed E-state index contributed by atoms with van der Waals surface area (Å²) < 4.78 is 0. The number of halogens is 1. The number of likely N-dealkylation sites (tertiary alicyclic amines) is 1. The van der Waals surface area contributed by atoms with Crippen molar-refractivity contribution in [3.8, 4) is 0 Å². The number of nitrogens with zero attached hydrogens (tertiary/aromatic N) is 1. The van der Waals surface area contributed by atoms with E-state index in [0.29, 0.717) is 18.4 Å². The van der Waals surface area contributed by atoms with Crippen LogP contribution in [0.15, 0.2) is 42.6 Å². The molecule has 2 atom stereocenters. The first-order chi connectivity index (χ1) is 10.2. The van der Waals surface area contributed by atoms with Crippen LogP contribution >= 0.6 is 12.4 Å². The highest BCUT2D eigenvalue weighted by molar-refractivity contribution is 5.95. The van der Waals surface area contributed by atoms with E-state index in [-0.39, 0.29) is 18.3 Å². The van der Waals surface area contributed by atoms with Crippen molar-refractivity contribution in [3.05, 3.63) is 59.4 Å². The predicted octanol–water partition coefficient (Wildman–Crippen LogP) is 2.56. The van der Waals surface area contributed by atoms with Crippen molar-refractivity contribution < 1.29 is 4.79 Å². The Morgan fingerprint density at radius 1 is 1.27 bits per heavy atom. The minimum Gasteiger partial charge on any atom is -0.365 e. The highest BCUT2D eigenvalue weighted by Gasteiger charge is 2.35. The van der Waals surface area contributed by atoms with Crippen molar-refractivity contribution in [2.24, 2.45) is 11.7 Å². The normalized spacial score (nSPS) is 20.7. The van der Waals surface area contributed by atoms with Crippen LogP contribution < -0.4 is 5.73 Å². The molecule has 3 N–H and O–H groups in total. The van der Waals surface area contributed by atoms with Crippen molar-refractivity contribution in [1.82, 2.24) is 9.88 Å². The zero-order valence-corrected chi connectivity index (χ0v) is 13.5. The molecule has 1 aromatic heterocycles. The fourth-order valence-corrected chi connectivity index (χ4v) is 3.21. The zero-order valence-electron chi connectivity index (χ0n) is 12.7. The van der Waals surface area contributed by atoms with Gasteiger partial charge in [-0.25, -0.2) is 0 Å². The molecule has 1 aliphatic heterocycles. The van der Waals surface area contributed by atoms with Crippen LogP contribution in [0, 0.1) is 12.8 Å². The summed E-state index contributed by atoms with van der Waals surface area (Å²) in [6, 6.07) is 12.2. The Balaban J connectivity index is 0.00000176. The van der Waals surface area contributed by atoms with Gasteiger partial charge in [-0.3, -0.25) is 4.79 Å². The minimum absolute atomic E-state index is 0. The number of aromatic nitrogens is 1. The summed E-state index contributed by atoms with van der Waals surface area (Å²) in [7, 11) is 0. The number of aryl methyl sites for hydroxylation is 1. The van der Waals surface area contributed by atoms with Gasteiger partial charge < -0.3 is 15.6 Å². The van der Waals surface area contributed by atoms with E-state index in [1.165, 1.54) is 5.56 Å². The largest absolute Gasteiger partial charge is 0.365 e. The van der Waals surface area contributed by atoms with Gasteiger partial charge in [0.2, 0.25) is 0 Å². The van der Waals surface area contributed by atoms with Gasteiger partial charge in [-0.15, -0.1) is 12.4 Å². The molecule has 1 amide bonds. The number of hydrogen-bond donors (Lipinski definition) is 2. The molecule has 0 saturated carbocycles. The lowest BCUT2D eigenvalue weighted by Gasteiger charge is -2.16. The first-order valence-electron chi connectivity index (χ1n) is 7.39. The number of benzene rings is 1. The summed E-state index contributed by atoms with van der Waals surface area (Å²) in [6.07, 6.45) is 1.81. The Kier molecular flexibility index (Phi) is 5.27. The first kappa shape index (κ1) is 16.6. The number of nitrogens with one attached hydrogen (secondary N) is 1. The van der Waals surface area contributed by atoms with Crippen LogP contribution in [0.3, 0.4) is 0 Å². The Hall–Kier alpha value is -1.78. The lowest BCUT2D eigenvalue weighted by molar-refractivity contribution is 0.0786. The predicted molar refractivity (Wildman–Crippen MR) is 90.4 cm³/mol. The van der Waals surface area contributed by atoms with Gasteiger partial charge in [0.15, 0.2) is 0 Å². The molecule has 118 valence electrons. The van der Waals surface area contributed by atoms with Crippen molar-refractivity contribution in [2.45, 2.75) is 12.8 Å². The molecule has 0 bridgehead atoms. The van der Waals surface area contributed by atoms with E-state index in [1.807, 2.05) is 42.3 Å². The Bertz CT molecular complexity index is 626. The fourth-order valence-electron chi connectivity index (χ4n) is 3.21. The van der Waals surface area contributed by atoms with Gasteiger partial charge in [-0.2, -0.15) is 0 Å². The monoisotopic (exact) mass is 319 g/mol. The third kappa shape index (κ3) is 3.03. The van der Waals surface area contributed by atoms with Crippen LogP contribution in [0.1, 0.15) is 27.5 Å². The average Bonchev–Trinajstić information content (AvgIpc) is 3.13. The number of aromatic amines is 1. The highest BCUT2D eigenvalue weighted by atomic mass is 35.5. The summed E-state index contributed by atoms with van der Waals surface area (Å²) in [5.41, 5.74) is 8.89. The third-order valence-electron chi connectivity index (χ3n) is 4.44. The molecule has 0 radical (unpaired) electrons. The van der Waals surface area contributed by atoms with Gasteiger partial charge in [0.05, 0.1) is 5.56 Å². The van der Waals surface area contributed by atoms with Crippen LogP contribution in [-0.4, -0.2) is 35.4 Å². The molecular formula is C17H22ClN3O. The second kappa shape index (κ2) is 6.99. The molecule has 0 aliphatic carbocycles. The van der Waals surface area contributed by atoms with E-state index in [4.69, 9.17) is 5.73 Å². The van der Waals surface area contributed by atoms with Crippen molar-refractivity contribution in [1.29, 1.82) is 0 Å². The van der Waals surface area contributed by atoms with Gasteiger partial charge >= 0.3 is 0 Å². The summed E-state index contributed by atoms with van der Waals surface area (Å²) in [5.74, 6) is 0.764. The number of carbonyl (C=O) groups is 1. The summed E-state index contributed by atoms with van der Waals surface area (Å²) in [5, 5.41) is 0. The zero-order chi connectivity index (χ0) is 14.8. The van der Waals surface area contributed by atoms with Crippen LogP contribution in [0.2, 0.25) is 0 Å². The third-order valence-corrected chi connectivity index (χ3v) is 4.44. The maximum atomic E-state index is 12.6. The van der Waals surface area contributed by atoms with Crippen LogP contribution in [-0.2, 0) is 0 Å². The lowest BCUT2D eigenvalue weighted by atomic mass is 9.89. The van der Waals surface area contributed by atoms with E-state index in [2.05, 4.69) is 17.1 Å². The van der Waals surface area contributed by atoms with E-state index in [9.17, 15) is 4.79 Å². The number of carbonyl (C=O) groups excluding carboxylic acids is 1. The maximum Gasteiger partial charge on any atom is 0.255 e. The standard InChI is InChI=1S/C17H21N3O.ClH/c1-12-15(7-8-19-12)17(21)20-10-14(9-18)16(11-20)13-5-3-2-4-6-13;/h2-8,14,16,19H,9-11,18H2,1H3;1H/t14-,16+;/m1./s1. The second-order valence-corrected chi connectivity index (χ2v) is 5.74. The molecule has 2 aromatic rings. The second-order valence-electron chi connectivity index (χ2n) is 5.74. The molecule has 1 fully saturated rings. The van der Waals surface area contributed by atoms with Gasteiger partial charge in [-0.1, -0.05) is 30.3 Å². The van der Waals surface area contributed by atoms with E-state index >= 15 is 0 Å². The fraction of sp³-hybridized carbons (Fsp3) is 0.353. The topological polar surface area (TPSA) is 62.1 Å². The molecule has 22 heavy (non-hydrogen) atoms. The first-order valence-corrected chi connectivity index (χ1v) is 7.39. The highest BCUT2D eigenvalue weighted by Crippen LogP contribution is 2.32. The quantitative estimate of drug-likeness (QED) is 0.913. The molecule has 1 aliphatic rings. The van der Waals surface area contributed by atoms with Crippen LogP contribution in [0.25, 0.3) is 0 Å². The molecule has 4 nitrogen and oxygen atoms in total. The average molecular weight is 320 g/mol. The summed E-state index contributed by atoms with van der Waals surface area (Å²) in [4.78, 5) is 17.6. The van der Waals surface area contributed by atoms with Crippen LogP contribution in [0.5, 0.6) is 0 Å². The van der Waals surface area contributed by atoms with E-state index in [1.54, 1.807) is 0 Å². The number of rotatable bonds is 3. The maximum absolute atomic E-state index is 12.6. The summed E-state index contributed by atoms with van der Waals surface area (Å²) >= 11 is 0. The molecule has 3 rings (SSSR count). The number of nitrogens with two attached hydrogens (primary N) is 1. The van der Waals surface area contributed by atoms with E-state index < -0.39 is 0 Å². The van der Waals surface area contributed by atoms with Gasteiger partial charge in [0.25, 0.3) is 5.91 Å². The van der Waals surface area contributed by atoms with Gasteiger partial charge in [0.1, 0.15) is 0 Å². The molecular weight excluding hydrogens is 298 g/mol. The SMILES string of the molecule is Cc1[nH]ccc1C(=O)N1C[C@@H](CN)[C@H](c2ccccc2)C1.Cl. The van der Waals surface area contributed by atoms with Crippen molar-refractivity contribution in [2.75, 3.05) is 19.6 Å². The molecule has 5 heteroatoms. The molecule has 0 spiro atoms. The molecule has 1 saturated heterocycles. The molecule has 2 heterocycles. The molecule has 0 unspecified atom stereocenters. The summed E-state index contributed by atoms with van der Waals surface area (Å²) in [6.45, 7) is 4.02. The minimum atomic E-state index is 0. The number of hydrogen-bond acceptors (Lipinski definition) is 2. The Morgan fingerprint density at radius 3 is 2.59 bits per heavy atom. The van der Waals surface area contributed by atoms with Crippen molar-refractivity contribution >= 4 is 18.3 Å². The molecule has 1 aromatic carbocycles. The lowest BCUT2D eigenvalue weighted by Crippen LogP contribution is -2.30. The number of amides is 1. The van der Waals surface area contributed by atoms with Crippen molar-refractivity contribution in [3.63, 3.8) is 0 Å². The number of H-pyrrole nitrogens is 1. The van der Waals surface area contributed by atoms with Gasteiger partial charge in [-0.05, 0) is 31.0 Å². The van der Waals surface area contributed by atoms with E-state index in [0.717, 1.165) is 24.3 Å². The Morgan fingerprint density at radius 2 is 2.00 bits per heavy atom. The Labute approximate surface area is 137 Å². The van der Waals surface area contributed by atoms with Crippen LogP contribution in [0.4, 0.5) is 0 Å².